The van der Waals surface area contributed by atoms with Crippen LogP contribution >= 0.6 is 11.6 Å². The second-order valence-electron chi connectivity index (χ2n) is 5.60. The van der Waals surface area contributed by atoms with E-state index in [1.54, 1.807) is 25.2 Å². The van der Waals surface area contributed by atoms with Crippen LogP contribution in [-0.2, 0) is 0 Å². The lowest BCUT2D eigenvalue weighted by atomic mass is 10.1. The van der Waals surface area contributed by atoms with Crippen LogP contribution < -0.4 is 21.3 Å². The SMILES string of the molecule is CNC(=O)c1ccccc1Nc1nc(Nc2cccc(NC)c2)ncc1Cl. The Morgan fingerprint density at radius 1 is 1.00 bits per heavy atom. The number of rotatable bonds is 6. The third-order valence-corrected chi connectivity index (χ3v) is 4.08. The van der Waals surface area contributed by atoms with E-state index in [1.165, 1.54) is 6.20 Å². The van der Waals surface area contributed by atoms with E-state index in [4.69, 9.17) is 11.6 Å². The molecule has 0 aliphatic carbocycles. The molecule has 0 fully saturated rings. The van der Waals surface area contributed by atoms with Crippen molar-refractivity contribution in [1.29, 1.82) is 0 Å². The zero-order valence-electron chi connectivity index (χ0n) is 14.9. The van der Waals surface area contributed by atoms with Gasteiger partial charge in [-0.05, 0) is 30.3 Å². The van der Waals surface area contributed by atoms with E-state index in [2.05, 4.69) is 31.2 Å². The summed E-state index contributed by atoms with van der Waals surface area (Å²) in [6.45, 7) is 0. The first kappa shape index (κ1) is 18.5. The van der Waals surface area contributed by atoms with E-state index in [-0.39, 0.29) is 5.91 Å². The number of para-hydroxylation sites is 1. The fraction of sp³-hybridized carbons (Fsp3) is 0.105. The second-order valence-corrected chi connectivity index (χ2v) is 6.00. The molecule has 3 rings (SSSR count). The van der Waals surface area contributed by atoms with E-state index in [0.717, 1.165) is 11.4 Å². The van der Waals surface area contributed by atoms with Gasteiger partial charge in [0.1, 0.15) is 5.02 Å². The molecule has 0 bridgehead atoms. The van der Waals surface area contributed by atoms with E-state index >= 15 is 0 Å². The van der Waals surface area contributed by atoms with Crippen LogP contribution in [-0.4, -0.2) is 30.0 Å². The number of amides is 1. The van der Waals surface area contributed by atoms with Gasteiger partial charge in [-0.15, -0.1) is 0 Å². The Bertz CT molecular complexity index is 962. The summed E-state index contributed by atoms with van der Waals surface area (Å²) in [5, 5.41) is 12.3. The third kappa shape index (κ3) is 4.45. The number of hydrogen-bond acceptors (Lipinski definition) is 6. The number of benzene rings is 2. The highest BCUT2D eigenvalue weighted by molar-refractivity contribution is 6.33. The Balaban J connectivity index is 1.87. The second kappa shape index (κ2) is 8.37. The number of halogens is 1. The van der Waals surface area contributed by atoms with Crippen molar-refractivity contribution in [2.24, 2.45) is 0 Å². The number of aromatic nitrogens is 2. The fourth-order valence-electron chi connectivity index (χ4n) is 2.45. The van der Waals surface area contributed by atoms with Crippen LogP contribution in [0.5, 0.6) is 0 Å². The van der Waals surface area contributed by atoms with Gasteiger partial charge in [0.2, 0.25) is 5.95 Å². The Kier molecular flexibility index (Phi) is 5.73. The molecule has 0 saturated carbocycles. The van der Waals surface area contributed by atoms with Crippen molar-refractivity contribution in [3.63, 3.8) is 0 Å². The van der Waals surface area contributed by atoms with Crippen LogP contribution in [0.2, 0.25) is 5.02 Å². The van der Waals surface area contributed by atoms with Crippen molar-refractivity contribution in [3.05, 3.63) is 65.3 Å². The molecule has 0 spiro atoms. The van der Waals surface area contributed by atoms with Gasteiger partial charge in [0.25, 0.3) is 5.91 Å². The van der Waals surface area contributed by atoms with Crippen molar-refractivity contribution in [1.82, 2.24) is 15.3 Å². The van der Waals surface area contributed by atoms with Crippen LogP contribution in [0.15, 0.2) is 54.7 Å². The predicted octanol–water partition coefficient (Wildman–Crippen LogP) is 4.02. The van der Waals surface area contributed by atoms with Crippen molar-refractivity contribution in [2.75, 3.05) is 30.0 Å². The molecule has 1 aromatic heterocycles. The van der Waals surface area contributed by atoms with Gasteiger partial charge in [0.05, 0.1) is 17.4 Å². The first-order chi connectivity index (χ1) is 13.1. The molecule has 4 N–H and O–H groups in total. The molecule has 0 unspecified atom stereocenters. The number of hydrogen-bond donors (Lipinski definition) is 4. The molecule has 0 aliphatic rings. The molecule has 27 heavy (non-hydrogen) atoms. The summed E-state index contributed by atoms with van der Waals surface area (Å²) < 4.78 is 0. The zero-order valence-corrected chi connectivity index (χ0v) is 15.6. The zero-order chi connectivity index (χ0) is 19.2. The smallest absolute Gasteiger partial charge is 0.253 e. The first-order valence-electron chi connectivity index (χ1n) is 8.26. The highest BCUT2D eigenvalue weighted by Gasteiger charge is 2.12. The van der Waals surface area contributed by atoms with Crippen LogP contribution in [0.4, 0.5) is 28.8 Å². The summed E-state index contributed by atoms with van der Waals surface area (Å²) in [4.78, 5) is 20.7. The Morgan fingerprint density at radius 2 is 1.78 bits per heavy atom. The molecule has 1 heterocycles. The lowest BCUT2D eigenvalue weighted by molar-refractivity contribution is 0.0964. The van der Waals surface area contributed by atoms with Gasteiger partial charge in [0, 0.05) is 25.5 Å². The minimum atomic E-state index is -0.203. The monoisotopic (exact) mass is 382 g/mol. The first-order valence-corrected chi connectivity index (χ1v) is 8.64. The number of carbonyl (C=O) groups is 1. The molecule has 0 atom stereocenters. The van der Waals surface area contributed by atoms with Crippen LogP contribution in [0.1, 0.15) is 10.4 Å². The van der Waals surface area contributed by atoms with Gasteiger partial charge < -0.3 is 21.3 Å². The summed E-state index contributed by atoms with van der Waals surface area (Å²) >= 11 is 6.24. The maximum Gasteiger partial charge on any atom is 0.253 e. The molecule has 3 aromatic rings. The summed E-state index contributed by atoms with van der Waals surface area (Å²) in [7, 11) is 3.43. The normalized spacial score (nSPS) is 10.2. The average Bonchev–Trinajstić information content (AvgIpc) is 2.70. The van der Waals surface area contributed by atoms with E-state index < -0.39 is 0 Å². The van der Waals surface area contributed by atoms with Gasteiger partial charge in [-0.25, -0.2) is 4.98 Å². The van der Waals surface area contributed by atoms with E-state index in [0.29, 0.717) is 28.0 Å². The summed E-state index contributed by atoms with van der Waals surface area (Å²) in [5.41, 5.74) is 2.89. The number of nitrogens with one attached hydrogen (secondary N) is 4. The van der Waals surface area contributed by atoms with Crippen LogP contribution in [0.3, 0.4) is 0 Å². The van der Waals surface area contributed by atoms with Gasteiger partial charge in [-0.2, -0.15) is 4.98 Å². The number of anilines is 5. The Labute approximate surface area is 162 Å². The lowest BCUT2D eigenvalue weighted by Crippen LogP contribution is -2.19. The summed E-state index contributed by atoms with van der Waals surface area (Å²) in [6, 6.07) is 14.8. The maximum atomic E-state index is 12.0. The minimum absolute atomic E-state index is 0.203. The predicted molar refractivity (Wildman–Crippen MR) is 109 cm³/mol. The standard InChI is InChI=1S/C19H19ClN6O/c1-21-12-6-5-7-13(10-12)24-19-23-11-15(20)17(26-19)25-16-9-4-3-8-14(16)18(27)22-2/h3-11,21H,1-2H3,(H,22,27)(H2,23,24,25,26). The van der Waals surface area contributed by atoms with Gasteiger partial charge >= 0.3 is 0 Å². The molecule has 0 radical (unpaired) electrons. The van der Waals surface area contributed by atoms with Crippen molar-refractivity contribution in [2.45, 2.75) is 0 Å². The fourth-order valence-corrected chi connectivity index (χ4v) is 2.59. The molecular formula is C19H19ClN6O. The van der Waals surface area contributed by atoms with Crippen LogP contribution in [0, 0.1) is 0 Å². The Hall–Kier alpha value is -3.32. The molecular weight excluding hydrogens is 364 g/mol. The lowest BCUT2D eigenvalue weighted by Gasteiger charge is -2.13. The van der Waals surface area contributed by atoms with Crippen LogP contribution in [0.25, 0.3) is 0 Å². The molecule has 7 nitrogen and oxygen atoms in total. The highest BCUT2D eigenvalue weighted by atomic mass is 35.5. The Morgan fingerprint density at radius 3 is 2.56 bits per heavy atom. The van der Waals surface area contributed by atoms with Crippen molar-refractivity contribution < 1.29 is 4.79 Å². The molecule has 1 amide bonds. The number of nitrogens with zero attached hydrogens (tertiary/aromatic N) is 2. The van der Waals surface area contributed by atoms with Gasteiger partial charge in [-0.1, -0.05) is 29.8 Å². The molecule has 0 aliphatic heterocycles. The van der Waals surface area contributed by atoms with Crippen molar-refractivity contribution in [3.8, 4) is 0 Å². The summed E-state index contributed by atoms with van der Waals surface area (Å²) in [5.74, 6) is 0.577. The van der Waals surface area contributed by atoms with Crippen molar-refractivity contribution >= 4 is 46.3 Å². The van der Waals surface area contributed by atoms with Gasteiger partial charge in [-0.3, -0.25) is 4.79 Å². The molecule has 2 aromatic carbocycles. The van der Waals surface area contributed by atoms with E-state index in [1.807, 2.05) is 37.4 Å². The number of carbonyl (C=O) groups excluding carboxylic acids is 1. The highest BCUT2D eigenvalue weighted by Crippen LogP contribution is 2.27. The maximum absolute atomic E-state index is 12.0. The largest absolute Gasteiger partial charge is 0.388 e. The molecule has 8 heteroatoms. The topological polar surface area (TPSA) is 91.0 Å². The minimum Gasteiger partial charge on any atom is -0.388 e. The van der Waals surface area contributed by atoms with E-state index in [9.17, 15) is 4.79 Å². The summed E-state index contributed by atoms with van der Waals surface area (Å²) in [6.07, 6.45) is 1.50. The van der Waals surface area contributed by atoms with Gasteiger partial charge in [0.15, 0.2) is 5.82 Å². The third-order valence-electron chi connectivity index (χ3n) is 3.80. The average molecular weight is 383 g/mol. The quantitative estimate of drug-likeness (QED) is 0.514. The molecule has 138 valence electrons. The molecule has 0 saturated heterocycles.